The highest BCUT2D eigenvalue weighted by Gasteiger charge is 2.06. The standard InChI is InChI=1S/C14H21NO3/c1-11(2)10-18-13-5-3-12(4-6-13)14(17)9-15-7-8-16/h3-6,14-17H,1,7-10H2,2H3. The Labute approximate surface area is 108 Å². The number of rotatable bonds is 8. The summed E-state index contributed by atoms with van der Waals surface area (Å²) >= 11 is 0. The second-order valence-corrected chi connectivity index (χ2v) is 4.26. The van der Waals surface area contributed by atoms with E-state index >= 15 is 0 Å². The fourth-order valence-corrected chi connectivity index (χ4v) is 1.43. The third kappa shape index (κ3) is 5.31. The van der Waals surface area contributed by atoms with E-state index in [1.54, 1.807) is 0 Å². The Balaban J connectivity index is 2.45. The van der Waals surface area contributed by atoms with E-state index in [2.05, 4.69) is 11.9 Å². The fraction of sp³-hybridized carbons (Fsp3) is 0.429. The number of aliphatic hydroxyl groups excluding tert-OH is 2. The van der Waals surface area contributed by atoms with Crippen molar-refractivity contribution in [3.8, 4) is 5.75 Å². The van der Waals surface area contributed by atoms with Crippen molar-refractivity contribution in [2.45, 2.75) is 13.0 Å². The molecule has 3 N–H and O–H groups in total. The molecule has 100 valence electrons. The van der Waals surface area contributed by atoms with E-state index in [0.717, 1.165) is 16.9 Å². The topological polar surface area (TPSA) is 61.7 Å². The molecule has 0 aromatic heterocycles. The first kappa shape index (κ1) is 14.7. The van der Waals surface area contributed by atoms with Gasteiger partial charge in [0.25, 0.3) is 0 Å². The molecule has 1 aromatic carbocycles. The molecule has 0 radical (unpaired) electrons. The first-order valence-electron chi connectivity index (χ1n) is 6.00. The average molecular weight is 251 g/mol. The van der Waals surface area contributed by atoms with Gasteiger partial charge in [0.15, 0.2) is 0 Å². The first-order valence-corrected chi connectivity index (χ1v) is 6.00. The van der Waals surface area contributed by atoms with Gasteiger partial charge >= 0.3 is 0 Å². The van der Waals surface area contributed by atoms with Crippen LogP contribution in [0.3, 0.4) is 0 Å². The molecular formula is C14H21NO3. The largest absolute Gasteiger partial charge is 0.489 e. The van der Waals surface area contributed by atoms with Crippen LogP contribution in [0.5, 0.6) is 5.75 Å². The second kappa shape index (κ2) is 7.87. The number of benzene rings is 1. The maximum absolute atomic E-state index is 9.86. The lowest BCUT2D eigenvalue weighted by Gasteiger charge is -2.12. The molecule has 0 fully saturated rings. The normalized spacial score (nSPS) is 12.2. The number of hydrogen-bond acceptors (Lipinski definition) is 4. The maximum Gasteiger partial charge on any atom is 0.119 e. The number of hydrogen-bond donors (Lipinski definition) is 3. The summed E-state index contributed by atoms with van der Waals surface area (Å²) in [5, 5.41) is 21.4. The quantitative estimate of drug-likeness (QED) is 0.481. The summed E-state index contributed by atoms with van der Waals surface area (Å²) in [5.41, 5.74) is 1.79. The van der Waals surface area contributed by atoms with Crippen LogP contribution in [0.4, 0.5) is 0 Å². The van der Waals surface area contributed by atoms with Crippen molar-refractivity contribution in [3.05, 3.63) is 42.0 Å². The second-order valence-electron chi connectivity index (χ2n) is 4.26. The van der Waals surface area contributed by atoms with E-state index in [4.69, 9.17) is 9.84 Å². The summed E-state index contributed by atoms with van der Waals surface area (Å²) in [6.45, 7) is 7.15. The summed E-state index contributed by atoms with van der Waals surface area (Å²) in [7, 11) is 0. The van der Waals surface area contributed by atoms with Crippen molar-refractivity contribution in [1.82, 2.24) is 5.32 Å². The van der Waals surface area contributed by atoms with Gasteiger partial charge in [0.1, 0.15) is 12.4 Å². The van der Waals surface area contributed by atoms with E-state index in [1.165, 1.54) is 0 Å². The molecule has 1 atom stereocenters. The zero-order valence-corrected chi connectivity index (χ0v) is 10.7. The number of nitrogens with one attached hydrogen (secondary N) is 1. The van der Waals surface area contributed by atoms with Crippen LogP contribution in [0.25, 0.3) is 0 Å². The smallest absolute Gasteiger partial charge is 0.119 e. The third-order valence-electron chi connectivity index (χ3n) is 2.38. The Hall–Kier alpha value is -1.36. The van der Waals surface area contributed by atoms with Gasteiger partial charge in [-0.05, 0) is 30.2 Å². The van der Waals surface area contributed by atoms with Crippen molar-refractivity contribution in [3.63, 3.8) is 0 Å². The molecule has 0 heterocycles. The molecule has 0 bridgehead atoms. The van der Waals surface area contributed by atoms with Gasteiger partial charge in [-0.25, -0.2) is 0 Å². The minimum Gasteiger partial charge on any atom is -0.489 e. The Morgan fingerprint density at radius 3 is 2.61 bits per heavy atom. The average Bonchev–Trinajstić information content (AvgIpc) is 2.37. The zero-order chi connectivity index (χ0) is 13.4. The van der Waals surface area contributed by atoms with Crippen LogP contribution < -0.4 is 10.1 Å². The van der Waals surface area contributed by atoms with Crippen molar-refractivity contribution < 1.29 is 14.9 Å². The van der Waals surface area contributed by atoms with Crippen LogP contribution in [0.2, 0.25) is 0 Å². The van der Waals surface area contributed by atoms with Crippen molar-refractivity contribution in [2.24, 2.45) is 0 Å². The Bertz CT molecular complexity index is 362. The van der Waals surface area contributed by atoms with Gasteiger partial charge in [-0.15, -0.1) is 0 Å². The lowest BCUT2D eigenvalue weighted by atomic mass is 10.1. The molecule has 0 amide bonds. The van der Waals surface area contributed by atoms with Crippen molar-refractivity contribution >= 4 is 0 Å². The van der Waals surface area contributed by atoms with Crippen LogP contribution in [-0.2, 0) is 0 Å². The van der Waals surface area contributed by atoms with Crippen LogP contribution in [-0.4, -0.2) is 36.5 Å². The number of ether oxygens (including phenoxy) is 1. The highest BCUT2D eigenvalue weighted by atomic mass is 16.5. The van der Waals surface area contributed by atoms with Crippen LogP contribution in [0, 0.1) is 0 Å². The fourth-order valence-electron chi connectivity index (χ4n) is 1.43. The highest BCUT2D eigenvalue weighted by Crippen LogP contribution is 2.17. The number of aliphatic hydroxyl groups is 2. The molecule has 0 saturated carbocycles. The van der Waals surface area contributed by atoms with E-state index in [0.29, 0.717) is 19.7 Å². The summed E-state index contributed by atoms with van der Waals surface area (Å²) in [4.78, 5) is 0. The summed E-state index contributed by atoms with van der Waals surface area (Å²) in [6, 6.07) is 7.32. The monoisotopic (exact) mass is 251 g/mol. The maximum atomic E-state index is 9.86. The lowest BCUT2D eigenvalue weighted by Crippen LogP contribution is -2.24. The molecule has 4 nitrogen and oxygen atoms in total. The highest BCUT2D eigenvalue weighted by molar-refractivity contribution is 5.29. The van der Waals surface area contributed by atoms with E-state index in [-0.39, 0.29) is 6.61 Å². The molecule has 1 rings (SSSR count). The minimum atomic E-state index is -0.577. The minimum absolute atomic E-state index is 0.0698. The predicted molar refractivity (Wildman–Crippen MR) is 71.7 cm³/mol. The van der Waals surface area contributed by atoms with Crippen LogP contribution >= 0.6 is 0 Å². The molecule has 1 unspecified atom stereocenters. The van der Waals surface area contributed by atoms with Gasteiger partial charge in [-0.3, -0.25) is 0 Å². The molecular weight excluding hydrogens is 230 g/mol. The molecule has 4 heteroatoms. The zero-order valence-electron chi connectivity index (χ0n) is 10.7. The molecule has 18 heavy (non-hydrogen) atoms. The molecule has 0 aliphatic heterocycles. The first-order chi connectivity index (χ1) is 8.63. The van der Waals surface area contributed by atoms with Gasteiger partial charge in [0.2, 0.25) is 0 Å². The Kier molecular flexibility index (Phi) is 6.43. The summed E-state index contributed by atoms with van der Waals surface area (Å²) < 4.78 is 5.47. The Morgan fingerprint density at radius 1 is 1.39 bits per heavy atom. The van der Waals surface area contributed by atoms with E-state index in [9.17, 15) is 5.11 Å². The molecule has 0 aliphatic carbocycles. The van der Waals surface area contributed by atoms with Crippen LogP contribution in [0.1, 0.15) is 18.6 Å². The molecule has 1 aromatic rings. The van der Waals surface area contributed by atoms with Gasteiger partial charge in [-0.2, -0.15) is 0 Å². The van der Waals surface area contributed by atoms with Gasteiger partial charge < -0.3 is 20.3 Å². The summed E-state index contributed by atoms with van der Waals surface area (Å²) in [5.74, 6) is 0.761. The van der Waals surface area contributed by atoms with Crippen molar-refractivity contribution in [2.75, 3.05) is 26.3 Å². The van der Waals surface area contributed by atoms with Crippen molar-refractivity contribution in [1.29, 1.82) is 0 Å². The van der Waals surface area contributed by atoms with E-state index < -0.39 is 6.10 Å². The van der Waals surface area contributed by atoms with Crippen LogP contribution in [0.15, 0.2) is 36.4 Å². The molecule has 0 spiro atoms. The van der Waals surface area contributed by atoms with Gasteiger partial charge in [-0.1, -0.05) is 18.7 Å². The van der Waals surface area contributed by atoms with Gasteiger partial charge in [0, 0.05) is 13.1 Å². The van der Waals surface area contributed by atoms with Gasteiger partial charge in [0.05, 0.1) is 12.7 Å². The third-order valence-corrected chi connectivity index (χ3v) is 2.38. The molecule has 0 saturated heterocycles. The molecule has 0 aliphatic rings. The SMILES string of the molecule is C=C(C)COc1ccc(C(O)CNCCO)cc1. The van der Waals surface area contributed by atoms with E-state index in [1.807, 2.05) is 31.2 Å². The lowest BCUT2D eigenvalue weighted by molar-refractivity contribution is 0.171. The predicted octanol–water partition coefficient (Wildman–Crippen LogP) is 1.26. The summed E-state index contributed by atoms with van der Waals surface area (Å²) in [6.07, 6.45) is -0.577. The Morgan fingerprint density at radius 2 is 2.06 bits per heavy atom.